The zero-order valence-corrected chi connectivity index (χ0v) is 14.5. The van der Waals surface area contributed by atoms with E-state index in [9.17, 15) is 14.7 Å². The molecule has 0 fully saturated rings. The number of carbonyl (C=O) groups is 2. The molecular formula is C18H13BrN2O4. The lowest BCUT2D eigenvalue weighted by Crippen LogP contribution is -2.35. The van der Waals surface area contributed by atoms with Gasteiger partial charge in [-0.2, -0.15) is 5.10 Å². The number of carbonyl (C=O) groups excluding carboxylic acids is 1. The highest BCUT2D eigenvalue weighted by Crippen LogP contribution is 2.19. The molecule has 0 radical (unpaired) electrons. The van der Waals surface area contributed by atoms with Crippen LogP contribution in [0.25, 0.3) is 5.69 Å². The van der Waals surface area contributed by atoms with Crippen LogP contribution in [0.2, 0.25) is 0 Å². The van der Waals surface area contributed by atoms with Crippen LogP contribution in [-0.2, 0) is 4.79 Å². The number of ether oxygens (including phenoxy) is 1. The number of hydrogen-bond donors (Lipinski definition) is 1. The summed E-state index contributed by atoms with van der Waals surface area (Å²) in [7, 11) is 0. The van der Waals surface area contributed by atoms with Gasteiger partial charge in [-0.3, -0.25) is 4.79 Å². The van der Waals surface area contributed by atoms with Crippen molar-refractivity contribution in [1.29, 1.82) is 0 Å². The van der Waals surface area contributed by atoms with Gasteiger partial charge in [0, 0.05) is 10.7 Å². The summed E-state index contributed by atoms with van der Waals surface area (Å²) in [6.07, 6.45) is 1.17. The van der Waals surface area contributed by atoms with E-state index in [-0.39, 0.29) is 5.56 Å². The van der Waals surface area contributed by atoms with E-state index in [4.69, 9.17) is 4.74 Å². The van der Waals surface area contributed by atoms with Gasteiger partial charge < -0.3 is 9.84 Å². The molecule has 126 valence electrons. The molecule has 25 heavy (non-hydrogen) atoms. The van der Waals surface area contributed by atoms with Gasteiger partial charge in [0.1, 0.15) is 5.75 Å². The van der Waals surface area contributed by atoms with Gasteiger partial charge in [0.2, 0.25) is 5.78 Å². The fourth-order valence-corrected chi connectivity index (χ4v) is 2.45. The molecule has 6 nitrogen and oxygen atoms in total. The number of aliphatic carboxylic acids is 1. The number of rotatable bonds is 6. The molecule has 1 N–H and O–H groups in total. The molecule has 0 saturated heterocycles. The number of halogens is 1. The summed E-state index contributed by atoms with van der Waals surface area (Å²) in [5.74, 6) is -1.74. The van der Waals surface area contributed by atoms with Crippen LogP contribution in [0, 0.1) is 0 Å². The third-order valence-electron chi connectivity index (χ3n) is 3.42. The van der Waals surface area contributed by atoms with Crippen LogP contribution in [-0.4, -0.2) is 32.7 Å². The Kier molecular flexibility index (Phi) is 4.95. The molecule has 0 saturated carbocycles. The lowest BCUT2D eigenvalue weighted by molar-refractivity contribution is -0.142. The Balaban J connectivity index is 1.82. The molecule has 0 spiro atoms. The molecule has 0 aliphatic carbocycles. The monoisotopic (exact) mass is 400 g/mol. The first kappa shape index (κ1) is 16.9. The topological polar surface area (TPSA) is 81.4 Å². The summed E-state index contributed by atoms with van der Waals surface area (Å²) < 4.78 is 7.68. The number of Topliss-reactive ketones (excluding diaryl/α,β-unsaturated/α-hetero) is 1. The van der Waals surface area contributed by atoms with Crippen LogP contribution < -0.4 is 4.74 Å². The fourth-order valence-electron chi connectivity index (χ4n) is 2.19. The van der Waals surface area contributed by atoms with E-state index in [1.807, 2.05) is 30.3 Å². The zero-order chi connectivity index (χ0) is 17.8. The summed E-state index contributed by atoms with van der Waals surface area (Å²) in [5, 5.41) is 13.5. The van der Waals surface area contributed by atoms with Crippen molar-refractivity contribution in [2.24, 2.45) is 0 Å². The average molecular weight is 401 g/mol. The first-order chi connectivity index (χ1) is 12.0. The number of ketones is 1. The molecule has 1 heterocycles. The number of carboxylic acid groups (broad SMARTS) is 1. The Bertz CT molecular complexity index is 891. The molecule has 0 aliphatic rings. The van der Waals surface area contributed by atoms with E-state index in [1.54, 1.807) is 24.3 Å². The summed E-state index contributed by atoms with van der Waals surface area (Å²) in [6.45, 7) is 0. The van der Waals surface area contributed by atoms with E-state index < -0.39 is 17.9 Å². The average Bonchev–Trinajstić information content (AvgIpc) is 3.11. The van der Waals surface area contributed by atoms with E-state index >= 15 is 0 Å². The highest BCUT2D eigenvalue weighted by molar-refractivity contribution is 9.10. The molecule has 1 unspecified atom stereocenters. The lowest BCUT2D eigenvalue weighted by Gasteiger charge is -2.13. The predicted molar refractivity (Wildman–Crippen MR) is 94.1 cm³/mol. The molecule has 2 aromatic carbocycles. The number of hydrogen-bond acceptors (Lipinski definition) is 4. The molecule has 0 amide bonds. The van der Waals surface area contributed by atoms with E-state index in [2.05, 4.69) is 21.0 Å². The predicted octanol–water partition coefficient (Wildman–Crippen LogP) is 3.35. The third-order valence-corrected chi connectivity index (χ3v) is 3.95. The molecule has 0 bridgehead atoms. The van der Waals surface area contributed by atoms with Gasteiger partial charge in [-0.15, -0.1) is 0 Å². The largest absolute Gasteiger partial charge is 0.478 e. The van der Waals surface area contributed by atoms with E-state index in [0.29, 0.717) is 5.75 Å². The fraction of sp³-hybridized carbons (Fsp3) is 0.0556. The van der Waals surface area contributed by atoms with Crippen molar-refractivity contribution in [2.75, 3.05) is 0 Å². The minimum absolute atomic E-state index is 0.161. The maximum Gasteiger partial charge on any atom is 0.353 e. The zero-order valence-electron chi connectivity index (χ0n) is 12.9. The third kappa shape index (κ3) is 3.95. The van der Waals surface area contributed by atoms with Gasteiger partial charge in [-0.25, -0.2) is 9.48 Å². The molecule has 7 heteroatoms. The molecule has 1 atom stereocenters. The molecule has 0 aliphatic heterocycles. The number of benzene rings is 2. The van der Waals surface area contributed by atoms with Crippen molar-refractivity contribution in [1.82, 2.24) is 9.78 Å². The van der Waals surface area contributed by atoms with E-state index in [0.717, 1.165) is 10.2 Å². The van der Waals surface area contributed by atoms with Crippen LogP contribution in [0.1, 0.15) is 10.4 Å². The molecule has 3 aromatic rings. The van der Waals surface area contributed by atoms with Gasteiger partial charge >= 0.3 is 5.97 Å². The second-order valence-electron chi connectivity index (χ2n) is 5.16. The van der Waals surface area contributed by atoms with Gasteiger partial charge in [0.05, 0.1) is 17.4 Å². The second-order valence-corrected chi connectivity index (χ2v) is 6.08. The summed E-state index contributed by atoms with van der Waals surface area (Å²) in [5.41, 5.74) is 0.926. The van der Waals surface area contributed by atoms with Crippen molar-refractivity contribution >= 4 is 27.7 Å². The number of nitrogens with zero attached hydrogens (tertiary/aromatic N) is 2. The Labute approximate surface area is 151 Å². The summed E-state index contributed by atoms with van der Waals surface area (Å²) >= 11 is 3.28. The number of carboxylic acids is 1. The molecule has 3 rings (SSSR count). The molecule has 1 aromatic heterocycles. The first-order valence-electron chi connectivity index (χ1n) is 7.34. The summed E-state index contributed by atoms with van der Waals surface area (Å²) in [6, 6.07) is 15.8. The van der Waals surface area contributed by atoms with Crippen molar-refractivity contribution in [3.8, 4) is 11.4 Å². The van der Waals surface area contributed by atoms with E-state index in [1.165, 1.54) is 17.1 Å². The Morgan fingerprint density at radius 3 is 2.40 bits per heavy atom. The Morgan fingerprint density at radius 1 is 1.08 bits per heavy atom. The SMILES string of the molecule is O=C(O)C(Oc1ccc(Br)cc1)C(=O)c1cnn(-c2ccccc2)c1. The molecular weight excluding hydrogens is 388 g/mol. The minimum Gasteiger partial charge on any atom is -0.478 e. The highest BCUT2D eigenvalue weighted by Gasteiger charge is 2.30. The van der Waals surface area contributed by atoms with Gasteiger partial charge in [0.15, 0.2) is 0 Å². The van der Waals surface area contributed by atoms with Crippen molar-refractivity contribution < 1.29 is 19.4 Å². The number of aromatic nitrogens is 2. The highest BCUT2D eigenvalue weighted by atomic mass is 79.9. The second kappa shape index (κ2) is 7.31. The Morgan fingerprint density at radius 2 is 1.76 bits per heavy atom. The van der Waals surface area contributed by atoms with Crippen molar-refractivity contribution in [3.05, 3.63) is 77.0 Å². The van der Waals surface area contributed by atoms with Crippen molar-refractivity contribution in [3.63, 3.8) is 0 Å². The minimum atomic E-state index is -1.64. The standard InChI is InChI=1S/C18H13BrN2O4/c19-13-6-8-15(9-7-13)25-17(18(23)24)16(22)12-10-20-21(11-12)14-4-2-1-3-5-14/h1-11,17H,(H,23,24). The summed E-state index contributed by atoms with van der Waals surface area (Å²) in [4.78, 5) is 24.0. The first-order valence-corrected chi connectivity index (χ1v) is 8.13. The number of para-hydroxylation sites is 1. The quantitative estimate of drug-likeness (QED) is 0.506. The normalized spacial score (nSPS) is 11.7. The van der Waals surface area contributed by atoms with Gasteiger partial charge in [-0.05, 0) is 36.4 Å². The van der Waals surface area contributed by atoms with Crippen LogP contribution in [0.4, 0.5) is 0 Å². The van der Waals surface area contributed by atoms with Crippen LogP contribution in [0.3, 0.4) is 0 Å². The van der Waals surface area contributed by atoms with Gasteiger partial charge in [0.25, 0.3) is 6.10 Å². The van der Waals surface area contributed by atoms with Gasteiger partial charge in [-0.1, -0.05) is 34.1 Å². The maximum atomic E-state index is 12.5. The van der Waals surface area contributed by atoms with Crippen molar-refractivity contribution in [2.45, 2.75) is 6.10 Å². The Hall–Kier alpha value is -2.93. The van der Waals surface area contributed by atoms with Crippen LogP contribution in [0.5, 0.6) is 5.75 Å². The van der Waals surface area contributed by atoms with Crippen LogP contribution in [0.15, 0.2) is 71.5 Å². The van der Waals surface area contributed by atoms with Crippen LogP contribution >= 0.6 is 15.9 Å². The maximum absolute atomic E-state index is 12.5. The smallest absolute Gasteiger partial charge is 0.353 e. The lowest BCUT2D eigenvalue weighted by atomic mass is 10.1.